The highest BCUT2D eigenvalue weighted by Crippen LogP contribution is 2.23. The summed E-state index contributed by atoms with van der Waals surface area (Å²) in [5.74, 6) is -1.80. The lowest BCUT2D eigenvalue weighted by molar-refractivity contribution is -0.261. The van der Waals surface area contributed by atoms with Crippen molar-refractivity contribution < 1.29 is 10.2 Å². The van der Waals surface area contributed by atoms with Gasteiger partial charge in [0.1, 0.15) is 0 Å². The number of benzene rings is 1. The predicted molar refractivity (Wildman–Crippen MR) is 76.7 cm³/mol. The van der Waals surface area contributed by atoms with Gasteiger partial charge in [-0.2, -0.15) is 0 Å². The Morgan fingerprint density at radius 3 is 2.63 bits per heavy atom. The number of H-pyrrole nitrogens is 1. The largest absolute Gasteiger partial charge is 0.361 e. The van der Waals surface area contributed by atoms with Crippen molar-refractivity contribution in [2.45, 2.75) is 32.6 Å². The van der Waals surface area contributed by atoms with Crippen LogP contribution in [-0.4, -0.2) is 39.1 Å². The first-order valence-electron chi connectivity index (χ1n) is 6.83. The average Bonchev–Trinajstić information content (AvgIpc) is 2.79. The smallest absolute Gasteiger partial charge is 0.229 e. The molecule has 104 valence electrons. The van der Waals surface area contributed by atoms with E-state index in [2.05, 4.69) is 4.98 Å². The van der Waals surface area contributed by atoms with Gasteiger partial charge in [-0.1, -0.05) is 32.0 Å². The maximum Gasteiger partial charge on any atom is 0.229 e. The molecule has 1 heterocycles. The number of likely N-dealkylation sites (N-methyl/N-ethyl adjacent to an activating group) is 1. The molecule has 4 nitrogen and oxygen atoms in total. The summed E-state index contributed by atoms with van der Waals surface area (Å²) >= 11 is 0. The monoisotopic (exact) mass is 262 g/mol. The number of para-hydroxylation sites is 1. The fourth-order valence-corrected chi connectivity index (χ4v) is 2.51. The van der Waals surface area contributed by atoms with Crippen molar-refractivity contribution in [1.29, 1.82) is 0 Å². The molecule has 0 atom stereocenters. The SMILES string of the molecule is CCCN(CC)C(O)(O)Cc1c[nH]c2ccccc12. The summed E-state index contributed by atoms with van der Waals surface area (Å²) < 4.78 is 0. The number of nitrogens with one attached hydrogen (secondary N) is 1. The maximum atomic E-state index is 10.3. The van der Waals surface area contributed by atoms with Crippen LogP contribution < -0.4 is 0 Å². The summed E-state index contributed by atoms with van der Waals surface area (Å²) in [7, 11) is 0. The second-order valence-electron chi connectivity index (χ2n) is 4.89. The number of aromatic nitrogens is 1. The molecule has 19 heavy (non-hydrogen) atoms. The second kappa shape index (κ2) is 5.74. The quantitative estimate of drug-likeness (QED) is 0.699. The standard InChI is InChI=1S/C15H22N2O2/c1-3-9-17(4-2)15(18,19)10-12-11-16-14-8-6-5-7-13(12)14/h5-8,11,16,18-19H,3-4,9-10H2,1-2H3. The van der Waals surface area contributed by atoms with E-state index in [9.17, 15) is 10.2 Å². The summed E-state index contributed by atoms with van der Waals surface area (Å²) in [6, 6.07) is 7.90. The van der Waals surface area contributed by atoms with E-state index in [-0.39, 0.29) is 6.42 Å². The van der Waals surface area contributed by atoms with Gasteiger partial charge >= 0.3 is 0 Å². The van der Waals surface area contributed by atoms with Crippen LogP contribution in [0.3, 0.4) is 0 Å². The molecule has 0 unspecified atom stereocenters. The second-order valence-corrected chi connectivity index (χ2v) is 4.89. The van der Waals surface area contributed by atoms with Crippen LogP contribution in [0.2, 0.25) is 0 Å². The first-order valence-corrected chi connectivity index (χ1v) is 6.83. The van der Waals surface area contributed by atoms with Crippen molar-refractivity contribution in [3.8, 4) is 0 Å². The Hall–Kier alpha value is -1.36. The lowest BCUT2D eigenvalue weighted by Crippen LogP contribution is -2.50. The fourth-order valence-electron chi connectivity index (χ4n) is 2.51. The number of hydrogen-bond donors (Lipinski definition) is 3. The van der Waals surface area contributed by atoms with Crippen LogP contribution in [0.15, 0.2) is 30.5 Å². The van der Waals surface area contributed by atoms with Gasteiger partial charge in [0, 0.05) is 36.6 Å². The molecule has 4 heteroatoms. The lowest BCUT2D eigenvalue weighted by Gasteiger charge is -2.34. The molecule has 1 aromatic carbocycles. The molecule has 2 rings (SSSR count). The number of aromatic amines is 1. The first kappa shape index (κ1) is 14.1. The van der Waals surface area contributed by atoms with E-state index in [0.717, 1.165) is 22.9 Å². The molecule has 0 bridgehead atoms. The van der Waals surface area contributed by atoms with Crippen LogP contribution >= 0.6 is 0 Å². The third-order valence-corrected chi connectivity index (χ3v) is 3.48. The third kappa shape index (κ3) is 2.97. The van der Waals surface area contributed by atoms with Gasteiger partial charge in [-0.15, -0.1) is 0 Å². The Labute approximate surface area is 113 Å². The molecule has 2 aromatic rings. The van der Waals surface area contributed by atoms with Gasteiger partial charge in [-0.25, -0.2) is 0 Å². The Kier molecular flexibility index (Phi) is 4.24. The molecular formula is C15H22N2O2. The fraction of sp³-hybridized carbons (Fsp3) is 0.467. The van der Waals surface area contributed by atoms with E-state index in [1.807, 2.05) is 44.3 Å². The van der Waals surface area contributed by atoms with Gasteiger partial charge in [0.25, 0.3) is 0 Å². The Balaban J connectivity index is 2.23. The minimum absolute atomic E-state index is 0.199. The molecule has 1 aromatic heterocycles. The van der Waals surface area contributed by atoms with Crippen LogP contribution in [0.5, 0.6) is 0 Å². The zero-order valence-corrected chi connectivity index (χ0v) is 11.6. The summed E-state index contributed by atoms with van der Waals surface area (Å²) in [4.78, 5) is 4.85. The Morgan fingerprint density at radius 1 is 1.21 bits per heavy atom. The molecule has 0 aliphatic rings. The predicted octanol–water partition coefficient (Wildman–Crippen LogP) is 2.08. The molecule has 0 fully saturated rings. The van der Waals surface area contributed by atoms with Crippen LogP contribution in [-0.2, 0) is 6.42 Å². The van der Waals surface area contributed by atoms with Gasteiger partial charge in [-0.3, -0.25) is 4.90 Å². The van der Waals surface area contributed by atoms with Gasteiger partial charge in [-0.05, 0) is 18.1 Å². The number of aliphatic hydroxyl groups is 2. The molecule has 0 aliphatic carbocycles. The highest BCUT2D eigenvalue weighted by atomic mass is 16.5. The van der Waals surface area contributed by atoms with Crippen molar-refractivity contribution in [3.63, 3.8) is 0 Å². The summed E-state index contributed by atoms with van der Waals surface area (Å²) in [6.07, 6.45) is 2.95. The summed E-state index contributed by atoms with van der Waals surface area (Å²) in [6.45, 7) is 5.26. The van der Waals surface area contributed by atoms with Gasteiger partial charge < -0.3 is 15.2 Å². The Bertz CT molecular complexity index is 534. The molecule has 0 amide bonds. The highest BCUT2D eigenvalue weighted by molar-refractivity contribution is 5.83. The van der Waals surface area contributed by atoms with E-state index in [4.69, 9.17) is 0 Å². The number of nitrogens with zero attached hydrogens (tertiary/aromatic N) is 1. The maximum absolute atomic E-state index is 10.3. The minimum atomic E-state index is -1.80. The lowest BCUT2D eigenvalue weighted by atomic mass is 10.1. The van der Waals surface area contributed by atoms with Gasteiger partial charge in [0.15, 0.2) is 0 Å². The third-order valence-electron chi connectivity index (χ3n) is 3.48. The van der Waals surface area contributed by atoms with E-state index in [1.165, 1.54) is 0 Å². The number of fused-ring (bicyclic) bond motifs is 1. The minimum Gasteiger partial charge on any atom is -0.361 e. The van der Waals surface area contributed by atoms with Gasteiger partial charge in [0.05, 0.1) is 0 Å². The number of rotatable bonds is 6. The molecule has 0 radical (unpaired) electrons. The summed E-state index contributed by atoms with van der Waals surface area (Å²) in [5, 5.41) is 21.7. The van der Waals surface area contributed by atoms with Crippen molar-refractivity contribution in [3.05, 3.63) is 36.0 Å². The van der Waals surface area contributed by atoms with Crippen LogP contribution in [0.25, 0.3) is 10.9 Å². The Morgan fingerprint density at radius 2 is 1.95 bits per heavy atom. The molecule has 0 spiro atoms. The molecule has 3 N–H and O–H groups in total. The molecule has 0 saturated carbocycles. The van der Waals surface area contributed by atoms with Crippen LogP contribution in [0.4, 0.5) is 0 Å². The van der Waals surface area contributed by atoms with E-state index in [1.54, 1.807) is 4.90 Å². The van der Waals surface area contributed by atoms with E-state index in [0.29, 0.717) is 13.1 Å². The molecular weight excluding hydrogens is 240 g/mol. The normalized spacial score (nSPS) is 12.5. The van der Waals surface area contributed by atoms with Crippen LogP contribution in [0.1, 0.15) is 25.8 Å². The zero-order chi connectivity index (χ0) is 13.9. The number of hydrogen-bond acceptors (Lipinski definition) is 3. The van der Waals surface area contributed by atoms with E-state index >= 15 is 0 Å². The topological polar surface area (TPSA) is 59.5 Å². The van der Waals surface area contributed by atoms with Crippen LogP contribution in [0, 0.1) is 0 Å². The summed E-state index contributed by atoms with van der Waals surface area (Å²) in [5.41, 5.74) is 1.95. The molecule has 0 aliphatic heterocycles. The average molecular weight is 262 g/mol. The van der Waals surface area contributed by atoms with Crippen molar-refractivity contribution in [2.75, 3.05) is 13.1 Å². The van der Waals surface area contributed by atoms with Crippen molar-refractivity contribution in [1.82, 2.24) is 9.88 Å². The van der Waals surface area contributed by atoms with Crippen molar-refractivity contribution >= 4 is 10.9 Å². The molecule has 0 saturated heterocycles. The van der Waals surface area contributed by atoms with Gasteiger partial charge in [0.2, 0.25) is 5.91 Å². The van der Waals surface area contributed by atoms with Crippen molar-refractivity contribution in [2.24, 2.45) is 0 Å². The van der Waals surface area contributed by atoms with E-state index < -0.39 is 5.91 Å². The highest BCUT2D eigenvalue weighted by Gasteiger charge is 2.31. The first-order chi connectivity index (χ1) is 9.08. The zero-order valence-electron chi connectivity index (χ0n) is 11.6.